The Kier molecular flexibility index (Phi) is 8.16. The number of benzene rings is 1. The van der Waals surface area contributed by atoms with Crippen LogP contribution >= 0.6 is 11.3 Å². The zero-order valence-corrected chi connectivity index (χ0v) is 18.5. The van der Waals surface area contributed by atoms with Crippen molar-refractivity contribution in [1.82, 2.24) is 15.6 Å². The molecule has 1 saturated carbocycles. The average Bonchev–Trinajstić information content (AvgIpc) is 3.38. The van der Waals surface area contributed by atoms with Crippen LogP contribution in [0.4, 0.5) is 0 Å². The molecular weight excluding hydrogens is 384 g/mol. The number of thiazole rings is 1. The highest BCUT2D eigenvalue weighted by Gasteiger charge is 2.18. The molecule has 7 heteroatoms. The van der Waals surface area contributed by atoms with Gasteiger partial charge in [0.05, 0.1) is 30.5 Å². The molecule has 2 aromatic rings. The number of hydrogen-bond acceptors (Lipinski definition) is 5. The number of ether oxygens (including phenoxy) is 2. The zero-order chi connectivity index (χ0) is 20.5. The van der Waals surface area contributed by atoms with Gasteiger partial charge >= 0.3 is 0 Å². The summed E-state index contributed by atoms with van der Waals surface area (Å²) in [7, 11) is 1.69. The third kappa shape index (κ3) is 6.63. The highest BCUT2D eigenvalue weighted by atomic mass is 32.1. The summed E-state index contributed by atoms with van der Waals surface area (Å²) in [6, 6.07) is 6.08. The molecule has 6 nitrogen and oxygen atoms in total. The van der Waals surface area contributed by atoms with Crippen LogP contribution in [0.5, 0.6) is 11.5 Å². The number of aromatic nitrogens is 1. The van der Waals surface area contributed by atoms with E-state index in [0.717, 1.165) is 66.1 Å². The molecule has 0 bridgehead atoms. The number of methoxy groups -OCH3 is 1. The maximum absolute atomic E-state index is 6.20. The molecule has 1 aliphatic rings. The smallest absolute Gasteiger partial charge is 0.191 e. The molecule has 1 aliphatic carbocycles. The van der Waals surface area contributed by atoms with E-state index in [9.17, 15) is 0 Å². The van der Waals surface area contributed by atoms with Gasteiger partial charge in [-0.3, -0.25) is 0 Å². The minimum absolute atomic E-state index is 0.302. The van der Waals surface area contributed by atoms with Gasteiger partial charge in [0.25, 0.3) is 0 Å². The summed E-state index contributed by atoms with van der Waals surface area (Å²) in [5.74, 6) is 2.42. The van der Waals surface area contributed by atoms with E-state index in [1.165, 1.54) is 12.8 Å². The standard InChI is InChI=1S/C22H32N4O2S/c1-4-23-22(24-12-11-18-15-29-16(2)26-18)25-14-17-9-10-20(27-3)21(13-17)28-19-7-5-6-8-19/h9-10,13,15,19H,4-8,11-12,14H2,1-3H3,(H2,23,24,25). The number of rotatable bonds is 9. The van der Waals surface area contributed by atoms with E-state index in [0.29, 0.717) is 12.6 Å². The predicted molar refractivity (Wildman–Crippen MR) is 119 cm³/mol. The van der Waals surface area contributed by atoms with Crippen LogP contribution in [-0.2, 0) is 13.0 Å². The molecule has 0 saturated heterocycles. The third-order valence-electron chi connectivity index (χ3n) is 4.93. The van der Waals surface area contributed by atoms with E-state index < -0.39 is 0 Å². The van der Waals surface area contributed by atoms with Gasteiger partial charge in [0.1, 0.15) is 0 Å². The van der Waals surface area contributed by atoms with Crippen molar-refractivity contribution in [3.63, 3.8) is 0 Å². The van der Waals surface area contributed by atoms with Gasteiger partial charge in [-0.15, -0.1) is 11.3 Å². The second-order valence-corrected chi connectivity index (χ2v) is 8.30. The van der Waals surface area contributed by atoms with Gasteiger partial charge in [-0.25, -0.2) is 9.98 Å². The molecule has 0 amide bonds. The van der Waals surface area contributed by atoms with E-state index in [1.807, 2.05) is 19.1 Å². The van der Waals surface area contributed by atoms with Crippen molar-refractivity contribution in [1.29, 1.82) is 0 Å². The van der Waals surface area contributed by atoms with E-state index in [1.54, 1.807) is 18.4 Å². The molecule has 0 atom stereocenters. The molecule has 1 aromatic heterocycles. The largest absolute Gasteiger partial charge is 0.493 e. The van der Waals surface area contributed by atoms with Gasteiger partial charge in [0, 0.05) is 24.9 Å². The van der Waals surface area contributed by atoms with Crippen LogP contribution in [0.25, 0.3) is 0 Å². The van der Waals surface area contributed by atoms with Gasteiger partial charge < -0.3 is 20.1 Å². The maximum atomic E-state index is 6.20. The number of nitrogens with zero attached hydrogens (tertiary/aromatic N) is 2. The van der Waals surface area contributed by atoms with Gasteiger partial charge in [0.15, 0.2) is 17.5 Å². The summed E-state index contributed by atoms with van der Waals surface area (Å²) >= 11 is 1.69. The van der Waals surface area contributed by atoms with Crippen LogP contribution in [-0.4, -0.2) is 37.2 Å². The summed E-state index contributed by atoms with van der Waals surface area (Å²) in [5.41, 5.74) is 2.23. The molecule has 1 fully saturated rings. The second kappa shape index (κ2) is 11.0. The number of aliphatic imine (C=N–C) groups is 1. The number of nitrogens with one attached hydrogen (secondary N) is 2. The summed E-state index contributed by atoms with van der Waals surface area (Å²) < 4.78 is 11.7. The van der Waals surface area contributed by atoms with Crippen LogP contribution in [0, 0.1) is 6.92 Å². The second-order valence-electron chi connectivity index (χ2n) is 7.24. The van der Waals surface area contributed by atoms with Crippen LogP contribution in [0.15, 0.2) is 28.6 Å². The summed E-state index contributed by atoms with van der Waals surface area (Å²) in [4.78, 5) is 9.24. The Morgan fingerprint density at radius 3 is 2.76 bits per heavy atom. The lowest BCUT2D eigenvalue weighted by Crippen LogP contribution is -2.38. The first-order chi connectivity index (χ1) is 14.2. The minimum atomic E-state index is 0.302. The maximum Gasteiger partial charge on any atom is 0.191 e. The fourth-order valence-corrected chi connectivity index (χ4v) is 4.09. The molecule has 29 heavy (non-hydrogen) atoms. The first kappa shape index (κ1) is 21.4. The van der Waals surface area contributed by atoms with E-state index in [-0.39, 0.29) is 0 Å². The van der Waals surface area contributed by atoms with Crippen molar-refractivity contribution < 1.29 is 9.47 Å². The lowest BCUT2D eigenvalue weighted by Gasteiger charge is -2.17. The summed E-state index contributed by atoms with van der Waals surface area (Å²) in [5, 5.41) is 9.92. The molecule has 0 unspecified atom stereocenters. The Balaban J connectivity index is 1.59. The normalized spacial score (nSPS) is 14.8. The van der Waals surface area contributed by atoms with Crippen molar-refractivity contribution in [2.45, 2.75) is 58.6 Å². The summed E-state index contributed by atoms with van der Waals surface area (Å²) in [6.45, 7) is 6.30. The number of aryl methyl sites for hydroxylation is 1. The van der Waals surface area contributed by atoms with Gasteiger partial charge in [-0.2, -0.15) is 0 Å². The monoisotopic (exact) mass is 416 g/mol. The lowest BCUT2D eigenvalue weighted by atomic mass is 10.2. The average molecular weight is 417 g/mol. The Morgan fingerprint density at radius 1 is 1.24 bits per heavy atom. The fraction of sp³-hybridized carbons (Fsp3) is 0.545. The van der Waals surface area contributed by atoms with E-state index in [4.69, 9.17) is 14.5 Å². The number of guanidine groups is 1. The van der Waals surface area contributed by atoms with Crippen LogP contribution < -0.4 is 20.1 Å². The first-order valence-electron chi connectivity index (χ1n) is 10.4. The Bertz CT molecular complexity index is 800. The Morgan fingerprint density at radius 2 is 2.07 bits per heavy atom. The fourth-order valence-electron chi connectivity index (χ4n) is 3.44. The van der Waals surface area contributed by atoms with Crippen LogP contribution in [0.3, 0.4) is 0 Å². The molecular formula is C22H32N4O2S. The molecule has 1 heterocycles. The molecule has 0 spiro atoms. The van der Waals surface area contributed by atoms with Crippen molar-refractivity contribution in [2.75, 3.05) is 20.2 Å². The molecule has 1 aromatic carbocycles. The zero-order valence-electron chi connectivity index (χ0n) is 17.7. The van der Waals surface area contributed by atoms with Gasteiger partial charge in [-0.1, -0.05) is 6.07 Å². The summed E-state index contributed by atoms with van der Waals surface area (Å²) in [6.07, 6.45) is 5.92. The SMILES string of the molecule is CCNC(=NCc1ccc(OC)c(OC2CCCC2)c1)NCCc1csc(C)n1. The topological polar surface area (TPSA) is 67.8 Å². The van der Waals surface area contributed by atoms with Crippen molar-refractivity contribution in [3.8, 4) is 11.5 Å². The highest BCUT2D eigenvalue weighted by Crippen LogP contribution is 2.32. The van der Waals surface area contributed by atoms with Gasteiger partial charge in [-0.05, 0) is 57.2 Å². The third-order valence-corrected chi connectivity index (χ3v) is 5.75. The van der Waals surface area contributed by atoms with Crippen molar-refractivity contribution in [3.05, 3.63) is 39.8 Å². The van der Waals surface area contributed by atoms with Crippen molar-refractivity contribution in [2.24, 2.45) is 4.99 Å². The molecule has 0 radical (unpaired) electrons. The molecule has 0 aliphatic heterocycles. The van der Waals surface area contributed by atoms with Crippen LogP contribution in [0.2, 0.25) is 0 Å². The first-order valence-corrected chi connectivity index (χ1v) is 11.3. The Labute approximate surface area is 177 Å². The molecule has 158 valence electrons. The van der Waals surface area contributed by atoms with Crippen molar-refractivity contribution >= 4 is 17.3 Å². The quantitative estimate of drug-likeness (QED) is 0.476. The predicted octanol–water partition coefficient (Wildman–Crippen LogP) is 4.08. The van der Waals surface area contributed by atoms with Gasteiger partial charge in [0.2, 0.25) is 0 Å². The van der Waals surface area contributed by atoms with E-state index >= 15 is 0 Å². The molecule has 2 N–H and O–H groups in total. The van der Waals surface area contributed by atoms with Crippen LogP contribution in [0.1, 0.15) is 48.9 Å². The number of hydrogen-bond donors (Lipinski definition) is 2. The van der Waals surface area contributed by atoms with E-state index in [2.05, 4.69) is 34.0 Å². The lowest BCUT2D eigenvalue weighted by molar-refractivity contribution is 0.200. The Hall–Kier alpha value is -2.28. The molecule has 3 rings (SSSR count). The highest BCUT2D eigenvalue weighted by molar-refractivity contribution is 7.09. The minimum Gasteiger partial charge on any atom is -0.493 e.